The van der Waals surface area contributed by atoms with Gasteiger partial charge in [0.1, 0.15) is 5.75 Å². The molecular formula is C22H26O5. The molecule has 5 nitrogen and oxygen atoms in total. The van der Waals surface area contributed by atoms with Gasteiger partial charge in [-0.1, -0.05) is 32.1 Å². The van der Waals surface area contributed by atoms with Gasteiger partial charge in [0.25, 0.3) is 0 Å². The number of hydrogen-bond donors (Lipinski definition) is 1. The summed E-state index contributed by atoms with van der Waals surface area (Å²) >= 11 is 0. The molecule has 2 rings (SSSR count). The second kappa shape index (κ2) is 8.62. The summed E-state index contributed by atoms with van der Waals surface area (Å²) in [4.78, 5) is 12.7. The fourth-order valence-electron chi connectivity index (χ4n) is 2.94. The van der Waals surface area contributed by atoms with Crippen LogP contribution in [0.1, 0.15) is 46.8 Å². The molecular weight excluding hydrogens is 344 g/mol. The van der Waals surface area contributed by atoms with Gasteiger partial charge >= 0.3 is 0 Å². The second-order valence-electron chi connectivity index (χ2n) is 6.51. The number of rotatable bonds is 7. The van der Waals surface area contributed by atoms with Crippen LogP contribution in [0.3, 0.4) is 0 Å². The lowest BCUT2D eigenvalue weighted by molar-refractivity contribution is 0.104. The Labute approximate surface area is 160 Å². The van der Waals surface area contributed by atoms with Crippen molar-refractivity contribution in [3.8, 4) is 23.0 Å². The van der Waals surface area contributed by atoms with E-state index in [0.717, 1.165) is 16.7 Å². The van der Waals surface area contributed by atoms with Gasteiger partial charge in [0.15, 0.2) is 17.3 Å². The minimum Gasteiger partial charge on any atom is -0.507 e. The van der Waals surface area contributed by atoms with Crippen LogP contribution >= 0.6 is 0 Å². The number of carbonyl (C=O) groups excluding carboxylic acids is 1. The van der Waals surface area contributed by atoms with Gasteiger partial charge in [-0.25, -0.2) is 0 Å². The molecule has 1 N–H and O–H groups in total. The van der Waals surface area contributed by atoms with Crippen molar-refractivity contribution in [1.82, 2.24) is 0 Å². The lowest BCUT2D eigenvalue weighted by atomic mass is 9.94. The topological polar surface area (TPSA) is 65.0 Å². The van der Waals surface area contributed by atoms with Gasteiger partial charge < -0.3 is 19.3 Å². The summed E-state index contributed by atoms with van der Waals surface area (Å²) in [6, 6.07) is 7.22. The normalized spacial score (nSPS) is 11.1. The van der Waals surface area contributed by atoms with Crippen LogP contribution < -0.4 is 14.2 Å². The van der Waals surface area contributed by atoms with Crippen molar-refractivity contribution < 1.29 is 24.1 Å². The molecule has 0 aliphatic carbocycles. The van der Waals surface area contributed by atoms with E-state index in [1.54, 1.807) is 18.2 Å². The van der Waals surface area contributed by atoms with E-state index in [1.165, 1.54) is 27.4 Å². The van der Waals surface area contributed by atoms with Crippen molar-refractivity contribution in [3.63, 3.8) is 0 Å². The summed E-state index contributed by atoms with van der Waals surface area (Å²) < 4.78 is 16.0. The summed E-state index contributed by atoms with van der Waals surface area (Å²) in [6.45, 7) is 5.76. The molecule has 0 radical (unpaired) electrons. The standard InChI is InChI=1S/C22H26O5/c1-13(2)16-9-7-14(3)20(21(16)24)17(23)10-8-15-11-18(25-4)22(27-6)19(12-15)26-5/h7-13,24H,1-6H3. The third-order valence-electron chi connectivity index (χ3n) is 4.40. The minimum absolute atomic E-state index is 0.0459. The molecule has 0 saturated carbocycles. The highest BCUT2D eigenvalue weighted by Crippen LogP contribution is 2.38. The molecule has 0 fully saturated rings. The number of ketones is 1. The SMILES string of the molecule is COc1cc(C=CC(=O)c2c(C)ccc(C(C)C)c2O)cc(OC)c1OC. The average Bonchev–Trinajstić information content (AvgIpc) is 2.64. The maximum Gasteiger partial charge on any atom is 0.203 e. The fraction of sp³-hybridized carbons (Fsp3) is 0.318. The number of aromatic hydroxyl groups is 1. The summed E-state index contributed by atoms with van der Waals surface area (Å²) in [6.07, 6.45) is 3.10. The van der Waals surface area contributed by atoms with Gasteiger partial charge in [-0.2, -0.15) is 0 Å². The summed E-state index contributed by atoms with van der Waals surface area (Å²) in [5.74, 6) is 1.40. The zero-order chi connectivity index (χ0) is 20.1. The Morgan fingerprint density at radius 2 is 1.63 bits per heavy atom. The quantitative estimate of drug-likeness (QED) is 0.563. The van der Waals surface area contributed by atoms with Gasteiger partial charge in [-0.15, -0.1) is 0 Å². The summed E-state index contributed by atoms with van der Waals surface area (Å²) in [5.41, 5.74) is 2.53. The molecule has 0 saturated heterocycles. The van der Waals surface area contributed by atoms with Crippen LogP contribution in [0.4, 0.5) is 0 Å². The number of phenols is 1. The van der Waals surface area contributed by atoms with Crippen LogP contribution in [0.2, 0.25) is 0 Å². The number of allylic oxidation sites excluding steroid dienone is 1. The summed E-state index contributed by atoms with van der Waals surface area (Å²) in [5, 5.41) is 10.5. The Morgan fingerprint density at radius 1 is 1.04 bits per heavy atom. The largest absolute Gasteiger partial charge is 0.507 e. The molecule has 0 bridgehead atoms. The van der Waals surface area contributed by atoms with Crippen LogP contribution in [-0.4, -0.2) is 32.2 Å². The van der Waals surface area contributed by atoms with E-state index in [2.05, 4.69) is 0 Å². The fourth-order valence-corrected chi connectivity index (χ4v) is 2.94. The number of hydrogen-bond acceptors (Lipinski definition) is 5. The third-order valence-corrected chi connectivity index (χ3v) is 4.40. The maximum absolute atomic E-state index is 12.7. The molecule has 0 atom stereocenters. The molecule has 0 unspecified atom stereocenters. The number of aryl methyl sites for hydroxylation is 1. The van der Waals surface area contributed by atoms with E-state index >= 15 is 0 Å². The van der Waals surface area contributed by atoms with E-state index in [-0.39, 0.29) is 17.5 Å². The molecule has 27 heavy (non-hydrogen) atoms. The third kappa shape index (κ3) is 4.25. The number of methoxy groups -OCH3 is 3. The van der Waals surface area contributed by atoms with Crippen molar-refractivity contribution >= 4 is 11.9 Å². The van der Waals surface area contributed by atoms with Gasteiger partial charge in [0.2, 0.25) is 5.75 Å². The van der Waals surface area contributed by atoms with Crippen molar-refractivity contribution in [2.45, 2.75) is 26.7 Å². The zero-order valence-corrected chi connectivity index (χ0v) is 16.6. The molecule has 0 aromatic heterocycles. The van der Waals surface area contributed by atoms with Crippen molar-refractivity contribution in [3.05, 3.63) is 52.6 Å². The van der Waals surface area contributed by atoms with Crippen molar-refractivity contribution in [2.75, 3.05) is 21.3 Å². The first-order chi connectivity index (χ1) is 12.8. The Kier molecular flexibility index (Phi) is 6.50. The molecule has 0 spiro atoms. The zero-order valence-electron chi connectivity index (χ0n) is 16.6. The first-order valence-corrected chi connectivity index (χ1v) is 8.68. The number of ether oxygens (including phenoxy) is 3. The highest BCUT2D eigenvalue weighted by Gasteiger charge is 2.17. The lowest BCUT2D eigenvalue weighted by Crippen LogP contribution is -2.02. The maximum atomic E-state index is 12.7. The summed E-state index contributed by atoms with van der Waals surface area (Å²) in [7, 11) is 4.61. The van der Waals surface area contributed by atoms with Gasteiger partial charge in [0, 0.05) is 0 Å². The van der Waals surface area contributed by atoms with Crippen LogP contribution in [0, 0.1) is 6.92 Å². The Balaban J connectivity index is 2.42. The minimum atomic E-state index is -0.263. The van der Waals surface area contributed by atoms with Crippen LogP contribution in [0.25, 0.3) is 6.08 Å². The highest BCUT2D eigenvalue weighted by molar-refractivity contribution is 6.09. The average molecular weight is 370 g/mol. The molecule has 0 aliphatic heterocycles. The van der Waals surface area contributed by atoms with Crippen LogP contribution in [-0.2, 0) is 0 Å². The van der Waals surface area contributed by atoms with Gasteiger partial charge in [-0.05, 0) is 47.7 Å². The monoisotopic (exact) mass is 370 g/mol. The molecule has 0 amide bonds. The Bertz CT molecular complexity index is 840. The van der Waals surface area contributed by atoms with E-state index in [4.69, 9.17) is 14.2 Å². The Hall–Kier alpha value is -2.95. The molecule has 0 aliphatic rings. The smallest absolute Gasteiger partial charge is 0.203 e. The van der Waals surface area contributed by atoms with Crippen LogP contribution in [0.5, 0.6) is 23.0 Å². The number of carbonyl (C=O) groups is 1. The highest BCUT2D eigenvalue weighted by atomic mass is 16.5. The molecule has 144 valence electrons. The van der Waals surface area contributed by atoms with Gasteiger partial charge in [0.05, 0.1) is 26.9 Å². The van der Waals surface area contributed by atoms with Crippen LogP contribution in [0.15, 0.2) is 30.3 Å². The van der Waals surface area contributed by atoms with Gasteiger partial charge in [-0.3, -0.25) is 4.79 Å². The number of benzene rings is 2. The van der Waals surface area contributed by atoms with E-state index < -0.39 is 0 Å². The molecule has 0 heterocycles. The van der Waals surface area contributed by atoms with E-state index in [0.29, 0.717) is 22.8 Å². The van der Waals surface area contributed by atoms with Crippen molar-refractivity contribution in [2.24, 2.45) is 0 Å². The Morgan fingerprint density at radius 3 is 2.11 bits per heavy atom. The van der Waals surface area contributed by atoms with E-state index in [1.807, 2.05) is 32.9 Å². The predicted octanol–water partition coefficient (Wildman–Crippen LogP) is 4.75. The van der Waals surface area contributed by atoms with E-state index in [9.17, 15) is 9.90 Å². The molecule has 2 aromatic carbocycles. The second-order valence-corrected chi connectivity index (χ2v) is 6.51. The predicted molar refractivity (Wildman–Crippen MR) is 106 cm³/mol. The lowest BCUT2D eigenvalue weighted by Gasteiger charge is -2.14. The molecule has 5 heteroatoms. The number of phenolic OH excluding ortho intramolecular Hbond substituents is 1. The first-order valence-electron chi connectivity index (χ1n) is 8.68. The van der Waals surface area contributed by atoms with Crippen molar-refractivity contribution in [1.29, 1.82) is 0 Å². The first kappa shape index (κ1) is 20.4. The molecule has 2 aromatic rings.